The predicted molar refractivity (Wildman–Crippen MR) is 121 cm³/mol. The molecule has 9 heteroatoms. The number of fused-ring (bicyclic) bond motifs is 3. The molecule has 3 fully saturated rings. The zero-order valence-corrected chi connectivity index (χ0v) is 18.4. The number of benzene rings is 1. The Kier molecular flexibility index (Phi) is 4.76. The van der Waals surface area contributed by atoms with Crippen molar-refractivity contribution >= 4 is 22.7 Å². The van der Waals surface area contributed by atoms with Crippen molar-refractivity contribution in [2.24, 2.45) is 0 Å². The molecule has 2 N–H and O–H groups in total. The van der Waals surface area contributed by atoms with Crippen molar-refractivity contribution in [3.63, 3.8) is 0 Å². The fraction of sp³-hybridized carbons (Fsp3) is 0.458. The van der Waals surface area contributed by atoms with E-state index < -0.39 is 6.17 Å². The molecule has 0 aliphatic carbocycles. The van der Waals surface area contributed by atoms with Crippen LogP contribution in [0.15, 0.2) is 35.0 Å². The van der Waals surface area contributed by atoms with Crippen LogP contribution in [0.1, 0.15) is 36.2 Å². The second-order valence-electron chi connectivity index (χ2n) is 9.33. The van der Waals surface area contributed by atoms with Crippen molar-refractivity contribution in [3.8, 4) is 17.0 Å². The maximum Gasteiger partial charge on any atom is 0.289 e. The lowest BCUT2D eigenvalue weighted by Gasteiger charge is -2.38. The molecule has 1 amide bonds. The van der Waals surface area contributed by atoms with Gasteiger partial charge in [0.05, 0.1) is 24.1 Å². The average molecular weight is 452 g/mol. The number of halogens is 1. The van der Waals surface area contributed by atoms with Crippen LogP contribution in [-0.4, -0.2) is 70.3 Å². The van der Waals surface area contributed by atoms with Gasteiger partial charge in [-0.1, -0.05) is 0 Å². The summed E-state index contributed by atoms with van der Waals surface area (Å²) in [5, 5.41) is 14.6. The van der Waals surface area contributed by atoms with Gasteiger partial charge in [-0.3, -0.25) is 9.78 Å². The summed E-state index contributed by atoms with van der Waals surface area (Å²) in [5.41, 5.74) is 1.44. The first kappa shape index (κ1) is 20.4. The highest BCUT2D eigenvalue weighted by molar-refractivity contribution is 5.97. The van der Waals surface area contributed by atoms with Crippen LogP contribution in [0, 0.1) is 0 Å². The summed E-state index contributed by atoms with van der Waals surface area (Å²) < 4.78 is 20.7. The van der Waals surface area contributed by atoms with Crippen LogP contribution in [-0.2, 0) is 0 Å². The third-order valence-corrected chi connectivity index (χ3v) is 7.32. The summed E-state index contributed by atoms with van der Waals surface area (Å²) in [6.07, 6.45) is 5.87. The van der Waals surface area contributed by atoms with Crippen LogP contribution >= 0.6 is 0 Å². The Hall–Kier alpha value is -3.20. The molecule has 5 heterocycles. The second-order valence-corrected chi connectivity index (χ2v) is 9.33. The number of nitrogens with zero attached hydrogens (tertiary/aromatic N) is 4. The lowest BCUT2D eigenvalue weighted by Crippen LogP contribution is -2.55. The van der Waals surface area contributed by atoms with Gasteiger partial charge in [-0.25, -0.2) is 9.37 Å². The number of amides is 1. The lowest BCUT2D eigenvalue weighted by molar-refractivity contribution is 0.0621. The van der Waals surface area contributed by atoms with Crippen LogP contribution < -0.4 is 10.2 Å². The highest BCUT2D eigenvalue weighted by Gasteiger charge is 2.43. The Morgan fingerprint density at radius 3 is 2.82 bits per heavy atom. The maximum atomic E-state index is 14.9. The van der Waals surface area contributed by atoms with E-state index in [2.05, 4.69) is 15.3 Å². The number of phenols is 1. The molecule has 0 unspecified atom stereocenters. The molecule has 172 valence electrons. The number of phenolic OH excluding ortho intramolecular Hbond substituents is 1. The van der Waals surface area contributed by atoms with Crippen LogP contribution in [0.4, 0.5) is 10.2 Å². The van der Waals surface area contributed by atoms with E-state index in [0.717, 1.165) is 38.8 Å². The van der Waals surface area contributed by atoms with Crippen LogP contribution in [0.3, 0.4) is 0 Å². The smallest absolute Gasteiger partial charge is 0.289 e. The molecule has 8 nitrogen and oxygen atoms in total. The maximum absolute atomic E-state index is 14.9. The van der Waals surface area contributed by atoms with Crippen LogP contribution in [0.5, 0.6) is 5.75 Å². The first-order valence-electron chi connectivity index (χ1n) is 11.5. The number of alkyl halides is 1. The zero-order chi connectivity index (χ0) is 22.7. The third kappa shape index (κ3) is 3.42. The van der Waals surface area contributed by atoms with Crippen molar-refractivity contribution < 1.29 is 18.7 Å². The summed E-state index contributed by atoms with van der Waals surface area (Å²) in [5.74, 6) is 0.748. The summed E-state index contributed by atoms with van der Waals surface area (Å²) in [6, 6.07) is 4.94. The largest absolute Gasteiger partial charge is 0.507 e. The van der Waals surface area contributed by atoms with Gasteiger partial charge in [-0.2, -0.15) is 0 Å². The molecule has 6 rings (SSSR count). The van der Waals surface area contributed by atoms with E-state index in [1.807, 2.05) is 11.9 Å². The first-order valence-corrected chi connectivity index (χ1v) is 11.5. The van der Waals surface area contributed by atoms with Gasteiger partial charge in [0.15, 0.2) is 5.76 Å². The summed E-state index contributed by atoms with van der Waals surface area (Å²) in [4.78, 5) is 25.0. The van der Waals surface area contributed by atoms with E-state index in [9.17, 15) is 14.3 Å². The van der Waals surface area contributed by atoms with Gasteiger partial charge in [0.2, 0.25) is 0 Å². The minimum Gasteiger partial charge on any atom is -0.507 e. The topological polar surface area (TPSA) is 94.7 Å². The molecule has 3 aliphatic heterocycles. The first-order chi connectivity index (χ1) is 16.0. The van der Waals surface area contributed by atoms with Gasteiger partial charge in [-0.05, 0) is 43.9 Å². The number of carbonyl (C=O) groups is 1. The molecule has 0 radical (unpaired) electrons. The number of rotatable bonds is 4. The van der Waals surface area contributed by atoms with Gasteiger partial charge < -0.3 is 24.6 Å². The highest BCUT2D eigenvalue weighted by Crippen LogP contribution is 2.36. The van der Waals surface area contributed by atoms with E-state index in [4.69, 9.17) is 4.42 Å². The van der Waals surface area contributed by atoms with Crippen LogP contribution in [0.25, 0.3) is 22.2 Å². The Balaban J connectivity index is 1.25. The monoisotopic (exact) mass is 451 g/mol. The number of anilines is 1. The standard InChI is InChI=1S/C24H26FN5O3/c1-29(18-9-14-3-4-16(28-14)23(18)25)22-12-26-17(11-27-22)15-10-20-13(7-19(15)31)8-21(33-20)24(32)30-5-2-6-30/h7-8,10-12,14,16,18,23,28,31H,2-6,9H2,1H3/t14-,16+,18-,23+/m0/s1. The molecule has 33 heavy (non-hydrogen) atoms. The number of hydrogen-bond donors (Lipinski definition) is 2. The molecule has 0 saturated carbocycles. The number of likely N-dealkylation sites (tertiary alicyclic amines) is 1. The van der Waals surface area contributed by atoms with Crippen molar-refractivity contribution in [3.05, 3.63) is 36.4 Å². The fourth-order valence-electron chi connectivity index (χ4n) is 5.22. The normalized spacial score (nSPS) is 26.4. The summed E-state index contributed by atoms with van der Waals surface area (Å²) >= 11 is 0. The molecule has 4 atom stereocenters. The van der Waals surface area contributed by atoms with Gasteiger partial charge in [0, 0.05) is 43.2 Å². The quantitative estimate of drug-likeness (QED) is 0.629. The van der Waals surface area contributed by atoms with Gasteiger partial charge in [0.25, 0.3) is 5.91 Å². The molecule has 3 saturated heterocycles. The minimum absolute atomic E-state index is 0.0282. The fourth-order valence-corrected chi connectivity index (χ4v) is 5.22. The predicted octanol–water partition coefficient (Wildman–Crippen LogP) is 3.11. The van der Waals surface area contributed by atoms with Crippen molar-refractivity contribution in [1.82, 2.24) is 20.2 Å². The SMILES string of the molecule is CN(c1cnc(-c2cc3oc(C(=O)N4CCC4)cc3cc2O)cn1)[C@H]1C[C@@H]2CC[C@@H](N2)[C@H]1F. The average Bonchev–Trinajstić information content (AvgIpc) is 3.38. The highest BCUT2D eigenvalue weighted by atomic mass is 19.1. The van der Waals surface area contributed by atoms with Crippen LogP contribution in [0.2, 0.25) is 0 Å². The van der Waals surface area contributed by atoms with Gasteiger partial charge >= 0.3 is 0 Å². The van der Waals surface area contributed by atoms with Gasteiger partial charge in [0.1, 0.15) is 23.3 Å². The minimum atomic E-state index is -0.950. The van der Waals surface area contributed by atoms with Crippen molar-refractivity contribution in [2.75, 3.05) is 25.0 Å². The molecule has 3 aliphatic rings. The third-order valence-electron chi connectivity index (χ3n) is 7.32. The number of furan rings is 1. The Bertz CT molecular complexity index is 1210. The molecule has 3 aromatic rings. The molecular weight excluding hydrogens is 425 g/mol. The lowest BCUT2D eigenvalue weighted by atomic mass is 9.96. The number of piperidine rings is 1. The molecule has 2 aromatic heterocycles. The van der Waals surface area contributed by atoms with E-state index in [0.29, 0.717) is 34.1 Å². The summed E-state index contributed by atoms with van der Waals surface area (Å²) in [6.45, 7) is 1.48. The van der Waals surface area contributed by atoms with E-state index in [-0.39, 0.29) is 29.5 Å². The number of hydrogen-bond acceptors (Lipinski definition) is 7. The molecule has 1 aromatic carbocycles. The Morgan fingerprint density at radius 2 is 2.09 bits per heavy atom. The zero-order valence-electron chi connectivity index (χ0n) is 18.4. The second kappa shape index (κ2) is 7.69. The number of nitrogens with one attached hydrogen (secondary N) is 1. The Morgan fingerprint density at radius 1 is 1.24 bits per heavy atom. The number of aromatic hydroxyl groups is 1. The molecule has 0 spiro atoms. The Labute approximate surface area is 190 Å². The van der Waals surface area contributed by atoms with E-state index in [1.165, 1.54) is 0 Å². The van der Waals surface area contributed by atoms with Crippen molar-refractivity contribution in [2.45, 2.75) is 50.0 Å². The molecule has 2 bridgehead atoms. The summed E-state index contributed by atoms with van der Waals surface area (Å²) in [7, 11) is 1.86. The van der Waals surface area contributed by atoms with Crippen molar-refractivity contribution in [1.29, 1.82) is 0 Å². The van der Waals surface area contributed by atoms with E-state index in [1.54, 1.807) is 35.5 Å². The molecular formula is C24H26FN5O3. The number of aromatic nitrogens is 2. The number of carbonyl (C=O) groups excluding carboxylic acids is 1. The van der Waals surface area contributed by atoms with E-state index >= 15 is 0 Å². The van der Waals surface area contributed by atoms with Gasteiger partial charge in [-0.15, -0.1) is 0 Å².